The summed E-state index contributed by atoms with van der Waals surface area (Å²) in [7, 11) is 0. The van der Waals surface area contributed by atoms with Crippen LogP contribution in [-0.4, -0.2) is 23.0 Å². The molecule has 0 heterocycles. The maximum absolute atomic E-state index is 11.5. The third-order valence-electron chi connectivity index (χ3n) is 2.47. The average Bonchev–Trinajstić information content (AvgIpc) is 2.23. The van der Waals surface area contributed by atoms with Gasteiger partial charge < -0.3 is 10.4 Å². The second-order valence-electron chi connectivity index (χ2n) is 3.98. The largest absolute Gasteiger partial charge is 0.480 e. The predicted octanol–water partition coefficient (Wildman–Crippen LogP) is 1.96. The van der Waals surface area contributed by atoms with E-state index in [4.69, 9.17) is 5.11 Å². The summed E-state index contributed by atoms with van der Waals surface area (Å²) in [6.07, 6.45) is 5.15. The number of carboxylic acids is 1. The fraction of sp³-hybridized carbons (Fsp3) is 0.667. The smallest absolute Gasteiger partial charge is 0.326 e. The molecule has 0 aromatic heterocycles. The standard InChI is InChI=1S/C12H21NO3/c1-4-6-7-10(12(15)16)13-11(14)8-9(3)5-2/h4,6,9-10H,5,7-8H2,1-3H3,(H,13,14)(H,15,16)/b6-4+. The molecule has 4 heteroatoms. The van der Waals surface area contributed by atoms with Gasteiger partial charge in [0.1, 0.15) is 6.04 Å². The molecule has 0 aromatic rings. The molecule has 1 amide bonds. The van der Waals surface area contributed by atoms with Gasteiger partial charge >= 0.3 is 5.97 Å². The molecule has 2 atom stereocenters. The van der Waals surface area contributed by atoms with Crippen molar-refractivity contribution in [2.45, 2.75) is 46.1 Å². The normalized spacial score (nSPS) is 14.7. The molecule has 2 unspecified atom stereocenters. The van der Waals surface area contributed by atoms with Gasteiger partial charge in [-0.05, 0) is 19.3 Å². The van der Waals surface area contributed by atoms with Gasteiger partial charge in [-0.2, -0.15) is 0 Å². The van der Waals surface area contributed by atoms with Crippen molar-refractivity contribution in [3.8, 4) is 0 Å². The summed E-state index contributed by atoms with van der Waals surface area (Å²) in [5, 5.41) is 11.4. The molecule has 92 valence electrons. The van der Waals surface area contributed by atoms with E-state index in [2.05, 4.69) is 5.32 Å². The summed E-state index contributed by atoms with van der Waals surface area (Å²) in [5.74, 6) is -0.891. The van der Waals surface area contributed by atoms with E-state index in [9.17, 15) is 9.59 Å². The summed E-state index contributed by atoms with van der Waals surface area (Å²) in [6, 6.07) is -0.812. The number of carbonyl (C=O) groups excluding carboxylic acids is 1. The quantitative estimate of drug-likeness (QED) is 0.653. The molecule has 0 aliphatic heterocycles. The SMILES string of the molecule is C/C=C/CC(NC(=O)CC(C)CC)C(=O)O. The summed E-state index contributed by atoms with van der Waals surface area (Å²) < 4.78 is 0. The van der Waals surface area contributed by atoms with E-state index in [0.717, 1.165) is 6.42 Å². The Labute approximate surface area is 96.7 Å². The van der Waals surface area contributed by atoms with Crippen LogP contribution in [0.1, 0.15) is 40.0 Å². The number of amides is 1. The monoisotopic (exact) mass is 227 g/mol. The highest BCUT2D eigenvalue weighted by Crippen LogP contribution is 2.06. The first-order chi connectivity index (χ1) is 7.51. The third-order valence-corrected chi connectivity index (χ3v) is 2.47. The molecule has 0 aromatic carbocycles. The lowest BCUT2D eigenvalue weighted by molar-refractivity contribution is -0.141. The molecule has 4 nitrogen and oxygen atoms in total. The van der Waals surface area contributed by atoms with Crippen molar-refractivity contribution >= 4 is 11.9 Å². The summed E-state index contributed by atoms with van der Waals surface area (Å²) >= 11 is 0. The van der Waals surface area contributed by atoms with E-state index < -0.39 is 12.0 Å². The maximum Gasteiger partial charge on any atom is 0.326 e. The minimum Gasteiger partial charge on any atom is -0.480 e. The maximum atomic E-state index is 11.5. The van der Waals surface area contributed by atoms with Crippen LogP contribution in [0.25, 0.3) is 0 Å². The fourth-order valence-electron chi connectivity index (χ4n) is 1.21. The zero-order chi connectivity index (χ0) is 12.6. The van der Waals surface area contributed by atoms with Crippen molar-refractivity contribution in [2.24, 2.45) is 5.92 Å². The number of rotatable bonds is 7. The topological polar surface area (TPSA) is 66.4 Å². The van der Waals surface area contributed by atoms with Gasteiger partial charge in [-0.25, -0.2) is 4.79 Å². The van der Waals surface area contributed by atoms with Gasteiger partial charge in [0, 0.05) is 6.42 Å². The molecule has 0 saturated carbocycles. The minimum absolute atomic E-state index is 0.189. The van der Waals surface area contributed by atoms with E-state index in [1.165, 1.54) is 0 Å². The van der Waals surface area contributed by atoms with Crippen LogP contribution in [0.3, 0.4) is 0 Å². The van der Waals surface area contributed by atoms with Crippen molar-refractivity contribution < 1.29 is 14.7 Å². The van der Waals surface area contributed by atoms with Crippen LogP contribution in [-0.2, 0) is 9.59 Å². The van der Waals surface area contributed by atoms with Gasteiger partial charge in [-0.3, -0.25) is 4.79 Å². The molecule has 0 saturated heterocycles. The number of hydrogen-bond acceptors (Lipinski definition) is 2. The van der Waals surface area contributed by atoms with Crippen molar-refractivity contribution in [2.75, 3.05) is 0 Å². The summed E-state index contributed by atoms with van der Waals surface area (Å²) in [6.45, 7) is 5.80. The fourth-order valence-corrected chi connectivity index (χ4v) is 1.21. The number of aliphatic carboxylic acids is 1. The lowest BCUT2D eigenvalue weighted by Crippen LogP contribution is -2.40. The predicted molar refractivity (Wildman–Crippen MR) is 63.1 cm³/mol. The molecule has 0 fully saturated rings. The minimum atomic E-state index is -0.990. The first-order valence-electron chi connectivity index (χ1n) is 5.64. The number of nitrogens with one attached hydrogen (secondary N) is 1. The Hall–Kier alpha value is -1.32. The number of carbonyl (C=O) groups is 2. The van der Waals surface area contributed by atoms with E-state index >= 15 is 0 Å². The third kappa shape index (κ3) is 6.22. The van der Waals surface area contributed by atoms with Crippen LogP contribution in [0.15, 0.2) is 12.2 Å². The van der Waals surface area contributed by atoms with Crippen LogP contribution in [0, 0.1) is 5.92 Å². The van der Waals surface area contributed by atoms with Crippen molar-refractivity contribution in [3.63, 3.8) is 0 Å². The van der Waals surface area contributed by atoms with Gasteiger partial charge in [0.15, 0.2) is 0 Å². The van der Waals surface area contributed by atoms with Gasteiger partial charge in [0.05, 0.1) is 0 Å². The van der Waals surface area contributed by atoms with Crippen LogP contribution in [0.4, 0.5) is 0 Å². The second-order valence-corrected chi connectivity index (χ2v) is 3.98. The molecule has 0 bridgehead atoms. The Morgan fingerprint density at radius 3 is 2.50 bits per heavy atom. The number of hydrogen-bond donors (Lipinski definition) is 2. The van der Waals surface area contributed by atoms with Gasteiger partial charge in [0.25, 0.3) is 0 Å². The molecule has 0 aliphatic rings. The van der Waals surface area contributed by atoms with Crippen molar-refractivity contribution in [1.82, 2.24) is 5.32 Å². The molecule has 0 aliphatic carbocycles. The van der Waals surface area contributed by atoms with Crippen molar-refractivity contribution in [3.05, 3.63) is 12.2 Å². The van der Waals surface area contributed by atoms with Gasteiger partial charge in [-0.15, -0.1) is 0 Å². The number of allylic oxidation sites excluding steroid dienone is 1. The lowest BCUT2D eigenvalue weighted by Gasteiger charge is -2.14. The first-order valence-corrected chi connectivity index (χ1v) is 5.64. The highest BCUT2D eigenvalue weighted by atomic mass is 16.4. The summed E-state index contributed by atoms with van der Waals surface area (Å²) in [5.41, 5.74) is 0. The molecular weight excluding hydrogens is 206 g/mol. The average molecular weight is 227 g/mol. The molecule has 16 heavy (non-hydrogen) atoms. The molecular formula is C12H21NO3. The Morgan fingerprint density at radius 2 is 2.06 bits per heavy atom. The van der Waals surface area contributed by atoms with Crippen LogP contribution in [0.5, 0.6) is 0 Å². The van der Waals surface area contributed by atoms with Crippen LogP contribution < -0.4 is 5.32 Å². The Balaban J connectivity index is 4.18. The van der Waals surface area contributed by atoms with E-state index in [1.807, 2.05) is 20.8 Å². The lowest BCUT2D eigenvalue weighted by atomic mass is 10.0. The highest BCUT2D eigenvalue weighted by molar-refractivity contribution is 5.83. The molecule has 0 spiro atoms. The second kappa shape index (κ2) is 7.91. The first kappa shape index (κ1) is 14.7. The molecule has 0 rings (SSSR count). The van der Waals surface area contributed by atoms with E-state index in [0.29, 0.717) is 12.8 Å². The highest BCUT2D eigenvalue weighted by Gasteiger charge is 2.18. The Kier molecular flexibility index (Phi) is 7.25. The van der Waals surface area contributed by atoms with Gasteiger partial charge in [-0.1, -0.05) is 32.4 Å². The van der Waals surface area contributed by atoms with E-state index in [-0.39, 0.29) is 11.8 Å². The molecule has 2 N–H and O–H groups in total. The van der Waals surface area contributed by atoms with E-state index in [1.54, 1.807) is 12.2 Å². The van der Waals surface area contributed by atoms with Gasteiger partial charge in [0.2, 0.25) is 5.91 Å². The number of carboxylic acid groups (broad SMARTS) is 1. The zero-order valence-corrected chi connectivity index (χ0v) is 10.2. The zero-order valence-electron chi connectivity index (χ0n) is 10.2. The summed E-state index contributed by atoms with van der Waals surface area (Å²) in [4.78, 5) is 22.3. The Bertz CT molecular complexity index is 261. The Morgan fingerprint density at radius 1 is 1.44 bits per heavy atom. The molecule has 0 radical (unpaired) electrons. The van der Waals surface area contributed by atoms with Crippen LogP contribution in [0.2, 0.25) is 0 Å². The van der Waals surface area contributed by atoms with Crippen molar-refractivity contribution in [1.29, 1.82) is 0 Å². The van der Waals surface area contributed by atoms with Crippen LogP contribution >= 0.6 is 0 Å².